The van der Waals surface area contributed by atoms with Crippen LogP contribution >= 0.6 is 0 Å². The smallest absolute Gasteiger partial charge is 0.261 e. The van der Waals surface area contributed by atoms with Crippen molar-refractivity contribution in [1.29, 1.82) is 0 Å². The normalized spacial score (nSPS) is 13.0. The number of imide groups is 1. The highest BCUT2D eigenvalue weighted by Crippen LogP contribution is 2.27. The second kappa shape index (κ2) is 7.25. The van der Waals surface area contributed by atoms with Crippen LogP contribution in [-0.4, -0.2) is 29.7 Å². The predicted octanol–water partition coefficient (Wildman–Crippen LogP) is 4.51. The fraction of sp³-hybridized carbons (Fsp3) is 0.0800. The van der Waals surface area contributed by atoms with E-state index < -0.39 is 11.8 Å². The first-order valence-corrected chi connectivity index (χ1v) is 9.82. The van der Waals surface area contributed by atoms with E-state index in [0.29, 0.717) is 16.9 Å². The lowest BCUT2D eigenvalue weighted by Crippen LogP contribution is -2.29. The molecule has 3 amide bonds. The second-order valence-electron chi connectivity index (χ2n) is 7.43. The zero-order chi connectivity index (χ0) is 21.5. The van der Waals surface area contributed by atoms with Gasteiger partial charge in [-0.2, -0.15) is 0 Å². The molecule has 0 bridgehead atoms. The van der Waals surface area contributed by atoms with E-state index in [1.807, 2.05) is 42.5 Å². The lowest BCUT2D eigenvalue weighted by atomic mass is 10.0. The zero-order valence-corrected chi connectivity index (χ0v) is 16.7. The van der Waals surface area contributed by atoms with Crippen LogP contribution in [0.25, 0.3) is 10.8 Å². The Morgan fingerprint density at radius 1 is 0.871 bits per heavy atom. The van der Waals surface area contributed by atoms with Gasteiger partial charge in [-0.15, -0.1) is 0 Å². The molecule has 152 valence electrons. The lowest BCUT2D eigenvalue weighted by Gasteiger charge is -2.18. The molecule has 6 nitrogen and oxygen atoms in total. The number of amides is 3. The van der Waals surface area contributed by atoms with Crippen LogP contribution in [0.1, 0.15) is 36.8 Å². The van der Waals surface area contributed by atoms with Crippen molar-refractivity contribution in [3.63, 3.8) is 0 Å². The van der Waals surface area contributed by atoms with E-state index in [9.17, 15) is 14.4 Å². The van der Waals surface area contributed by atoms with Crippen LogP contribution in [0, 0.1) is 0 Å². The average molecular weight is 410 g/mol. The van der Waals surface area contributed by atoms with Crippen LogP contribution in [0.5, 0.6) is 0 Å². The van der Waals surface area contributed by atoms with Crippen molar-refractivity contribution < 1.29 is 18.8 Å². The number of nitrogens with zero attached hydrogens (tertiary/aromatic N) is 2. The van der Waals surface area contributed by atoms with Crippen molar-refractivity contribution in [3.05, 3.63) is 102 Å². The molecule has 3 aromatic carbocycles. The van der Waals surface area contributed by atoms with Gasteiger partial charge in [0.2, 0.25) is 0 Å². The summed E-state index contributed by atoms with van der Waals surface area (Å²) in [5.41, 5.74) is 1.61. The summed E-state index contributed by atoms with van der Waals surface area (Å²) in [6, 6.07) is 21.7. The van der Waals surface area contributed by atoms with Crippen molar-refractivity contribution in [2.45, 2.75) is 6.54 Å². The summed E-state index contributed by atoms with van der Waals surface area (Å²) >= 11 is 0. The topological polar surface area (TPSA) is 70.8 Å². The Hall–Kier alpha value is -4.19. The standard InChI is InChI=1S/C25H18N2O4/c1-26(19-10-8-16-5-2-3-6-17(16)13-19)23(28)18-9-11-21-22(14-18)25(30)27(24(21)29)15-20-7-4-12-31-20/h2-14H,15H2,1H3. The summed E-state index contributed by atoms with van der Waals surface area (Å²) in [6.07, 6.45) is 1.49. The minimum Gasteiger partial charge on any atom is -0.467 e. The molecule has 5 rings (SSSR count). The number of furan rings is 1. The highest BCUT2D eigenvalue weighted by molar-refractivity contribution is 6.22. The quantitative estimate of drug-likeness (QED) is 0.464. The Balaban J connectivity index is 1.43. The monoisotopic (exact) mass is 410 g/mol. The van der Waals surface area contributed by atoms with Gasteiger partial charge in [0, 0.05) is 18.3 Å². The van der Waals surface area contributed by atoms with Crippen LogP contribution < -0.4 is 4.90 Å². The van der Waals surface area contributed by atoms with Gasteiger partial charge in [0.1, 0.15) is 5.76 Å². The third-order valence-corrected chi connectivity index (χ3v) is 5.54. The summed E-state index contributed by atoms with van der Waals surface area (Å²) in [7, 11) is 1.69. The highest BCUT2D eigenvalue weighted by atomic mass is 16.3. The van der Waals surface area contributed by atoms with Gasteiger partial charge in [0.25, 0.3) is 17.7 Å². The van der Waals surface area contributed by atoms with E-state index in [4.69, 9.17) is 4.42 Å². The van der Waals surface area contributed by atoms with Crippen LogP contribution in [0.2, 0.25) is 0 Å². The first-order valence-electron chi connectivity index (χ1n) is 9.82. The summed E-state index contributed by atoms with van der Waals surface area (Å²) in [6.45, 7) is 0.0552. The molecule has 0 aliphatic carbocycles. The van der Waals surface area contributed by atoms with Crippen LogP contribution in [0.3, 0.4) is 0 Å². The molecule has 1 aliphatic rings. The van der Waals surface area contributed by atoms with Gasteiger partial charge in [-0.05, 0) is 53.2 Å². The SMILES string of the molecule is CN(C(=O)c1ccc2c(c1)C(=O)N(Cc1ccco1)C2=O)c1ccc2ccccc2c1. The maximum atomic E-state index is 13.1. The molecule has 4 aromatic rings. The number of carbonyl (C=O) groups excluding carboxylic acids is 3. The maximum absolute atomic E-state index is 13.1. The van der Waals surface area contributed by atoms with E-state index in [1.54, 1.807) is 31.3 Å². The van der Waals surface area contributed by atoms with Gasteiger partial charge in [0.15, 0.2) is 0 Å². The average Bonchev–Trinajstić information content (AvgIpc) is 3.40. The first kappa shape index (κ1) is 18.8. The molecule has 0 saturated heterocycles. The van der Waals surface area contributed by atoms with E-state index in [-0.39, 0.29) is 18.0 Å². The Kier molecular flexibility index (Phi) is 4.40. The molecular formula is C25H18N2O4. The largest absolute Gasteiger partial charge is 0.467 e. The summed E-state index contributed by atoms with van der Waals surface area (Å²) in [5, 5.41) is 2.12. The fourth-order valence-corrected chi connectivity index (χ4v) is 3.82. The van der Waals surface area contributed by atoms with Crippen molar-refractivity contribution in [1.82, 2.24) is 4.90 Å². The molecule has 1 aliphatic heterocycles. The lowest BCUT2D eigenvalue weighted by molar-refractivity contribution is 0.0631. The molecule has 0 atom stereocenters. The number of rotatable bonds is 4. The van der Waals surface area contributed by atoms with Gasteiger partial charge in [-0.3, -0.25) is 19.3 Å². The highest BCUT2D eigenvalue weighted by Gasteiger charge is 2.36. The second-order valence-corrected chi connectivity index (χ2v) is 7.43. The molecule has 1 aromatic heterocycles. The Bertz CT molecular complexity index is 1340. The van der Waals surface area contributed by atoms with Crippen molar-refractivity contribution in [3.8, 4) is 0 Å². The van der Waals surface area contributed by atoms with Gasteiger partial charge in [0.05, 0.1) is 23.9 Å². The van der Waals surface area contributed by atoms with E-state index in [1.165, 1.54) is 17.2 Å². The third kappa shape index (κ3) is 3.18. The number of hydrogen-bond acceptors (Lipinski definition) is 4. The Morgan fingerprint density at radius 2 is 1.65 bits per heavy atom. The van der Waals surface area contributed by atoms with Crippen LogP contribution in [-0.2, 0) is 6.54 Å². The van der Waals surface area contributed by atoms with Crippen molar-refractivity contribution in [2.24, 2.45) is 0 Å². The molecule has 31 heavy (non-hydrogen) atoms. The maximum Gasteiger partial charge on any atom is 0.261 e. The number of carbonyl (C=O) groups is 3. The number of benzene rings is 3. The number of anilines is 1. The van der Waals surface area contributed by atoms with Crippen molar-refractivity contribution >= 4 is 34.2 Å². The summed E-state index contributed by atoms with van der Waals surface area (Å²) < 4.78 is 5.26. The fourth-order valence-electron chi connectivity index (χ4n) is 3.82. The Morgan fingerprint density at radius 3 is 2.42 bits per heavy atom. The molecule has 0 N–H and O–H groups in total. The molecule has 2 heterocycles. The van der Waals surface area contributed by atoms with Gasteiger partial charge in [-0.25, -0.2) is 0 Å². The number of hydrogen-bond donors (Lipinski definition) is 0. The Labute approximate surface area is 178 Å². The first-order chi connectivity index (χ1) is 15.0. The predicted molar refractivity (Wildman–Crippen MR) is 116 cm³/mol. The molecular weight excluding hydrogens is 392 g/mol. The third-order valence-electron chi connectivity index (χ3n) is 5.54. The van der Waals surface area contributed by atoms with Crippen LogP contribution in [0.15, 0.2) is 83.5 Å². The minimum absolute atomic E-state index is 0.0552. The van der Waals surface area contributed by atoms with E-state index in [2.05, 4.69) is 0 Å². The number of fused-ring (bicyclic) bond motifs is 2. The molecule has 0 radical (unpaired) electrons. The van der Waals surface area contributed by atoms with Crippen molar-refractivity contribution in [2.75, 3.05) is 11.9 Å². The van der Waals surface area contributed by atoms with E-state index in [0.717, 1.165) is 21.4 Å². The van der Waals surface area contributed by atoms with Crippen LogP contribution in [0.4, 0.5) is 5.69 Å². The molecule has 0 unspecified atom stereocenters. The molecule has 0 fully saturated rings. The molecule has 0 saturated carbocycles. The van der Waals surface area contributed by atoms with Gasteiger partial charge in [-0.1, -0.05) is 30.3 Å². The molecule has 6 heteroatoms. The summed E-state index contributed by atoms with van der Waals surface area (Å²) in [4.78, 5) is 41.3. The van der Waals surface area contributed by atoms with E-state index >= 15 is 0 Å². The summed E-state index contributed by atoms with van der Waals surface area (Å²) in [5.74, 6) is -0.567. The molecule has 0 spiro atoms. The zero-order valence-electron chi connectivity index (χ0n) is 16.7. The van der Waals surface area contributed by atoms with Gasteiger partial charge >= 0.3 is 0 Å². The minimum atomic E-state index is -0.431. The van der Waals surface area contributed by atoms with Gasteiger partial charge < -0.3 is 9.32 Å².